The Bertz CT molecular complexity index is 1010. The molecule has 7 nitrogen and oxygen atoms in total. The van der Waals surface area contributed by atoms with Crippen molar-refractivity contribution in [2.45, 2.75) is 12.5 Å². The first-order chi connectivity index (χ1) is 13.5. The van der Waals surface area contributed by atoms with Gasteiger partial charge in [0.05, 0.1) is 17.6 Å². The number of aromatic carboxylic acids is 1. The summed E-state index contributed by atoms with van der Waals surface area (Å²) in [5.74, 6) is -1.01. The number of anilines is 1. The predicted molar refractivity (Wildman–Crippen MR) is 105 cm³/mol. The zero-order valence-electron chi connectivity index (χ0n) is 14.7. The van der Waals surface area contributed by atoms with E-state index in [1.807, 2.05) is 12.1 Å². The van der Waals surface area contributed by atoms with Crippen LogP contribution in [0.5, 0.6) is 0 Å². The number of halogens is 1. The molecule has 1 unspecified atom stereocenters. The second-order valence-electron chi connectivity index (χ2n) is 6.48. The number of hydrogen-bond donors (Lipinski definition) is 3. The number of rotatable bonds is 3. The average Bonchev–Trinajstić information content (AvgIpc) is 3.17. The van der Waals surface area contributed by atoms with Gasteiger partial charge in [-0.15, -0.1) is 0 Å². The van der Waals surface area contributed by atoms with Gasteiger partial charge in [-0.05, 0) is 42.0 Å². The summed E-state index contributed by atoms with van der Waals surface area (Å²) in [6.07, 6.45) is 2.31. The molecule has 2 amide bonds. The van der Waals surface area contributed by atoms with Gasteiger partial charge in [0.2, 0.25) is 0 Å². The normalized spacial score (nSPS) is 15.8. The number of carbonyl (C=O) groups is 2. The Labute approximate surface area is 166 Å². The van der Waals surface area contributed by atoms with Crippen molar-refractivity contribution < 1.29 is 14.7 Å². The minimum Gasteiger partial charge on any atom is -0.478 e. The lowest BCUT2D eigenvalue weighted by Crippen LogP contribution is -2.43. The van der Waals surface area contributed by atoms with Gasteiger partial charge < -0.3 is 20.3 Å². The summed E-state index contributed by atoms with van der Waals surface area (Å²) in [5.41, 5.74) is 3.42. The molecular weight excluding hydrogens is 380 g/mol. The molecule has 0 saturated heterocycles. The molecule has 0 spiro atoms. The third-order valence-electron chi connectivity index (χ3n) is 4.75. The molecule has 0 radical (unpaired) electrons. The van der Waals surface area contributed by atoms with E-state index < -0.39 is 5.97 Å². The number of imidazole rings is 1. The maximum atomic E-state index is 13.0. The fourth-order valence-electron chi connectivity index (χ4n) is 3.37. The van der Waals surface area contributed by atoms with Gasteiger partial charge in [-0.3, -0.25) is 0 Å². The predicted octanol–water partition coefficient (Wildman–Crippen LogP) is 3.94. The maximum Gasteiger partial charge on any atom is 0.335 e. The molecule has 1 aliphatic heterocycles. The number of nitrogens with zero attached hydrogens (tertiary/aromatic N) is 2. The van der Waals surface area contributed by atoms with Crippen LogP contribution in [0.3, 0.4) is 0 Å². The molecule has 8 heteroatoms. The lowest BCUT2D eigenvalue weighted by Gasteiger charge is -2.35. The summed E-state index contributed by atoms with van der Waals surface area (Å²) in [6, 6.07) is 12.8. The zero-order chi connectivity index (χ0) is 19.7. The summed E-state index contributed by atoms with van der Waals surface area (Å²) in [6.45, 7) is 0.515. The topological polar surface area (TPSA) is 98.3 Å². The van der Waals surface area contributed by atoms with Crippen molar-refractivity contribution in [3.05, 3.63) is 82.4 Å². The van der Waals surface area contributed by atoms with Crippen LogP contribution in [0.25, 0.3) is 0 Å². The Kier molecular flexibility index (Phi) is 4.75. The van der Waals surface area contributed by atoms with E-state index in [0.717, 1.165) is 17.0 Å². The van der Waals surface area contributed by atoms with Gasteiger partial charge in [0.1, 0.15) is 6.04 Å². The van der Waals surface area contributed by atoms with Crippen LogP contribution < -0.4 is 5.32 Å². The molecule has 2 aromatic carbocycles. The second kappa shape index (κ2) is 7.36. The number of hydrogen-bond acceptors (Lipinski definition) is 3. The smallest absolute Gasteiger partial charge is 0.335 e. The first kappa shape index (κ1) is 18.1. The van der Waals surface area contributed by atoms with Crippen molar-refractivity contribution in [3.8, 4) is 0 Å². The number of nitrogens with one attached hydrogen (secondary N) is 2. The number of fused-ring (bicyclic) bond motifs is 1. The summed E-state index contributed by atoms with van der Waals surface area (Å²) < 4.78 is 0. The van der Waals surface area contributed by atoms with Crippen LogP contribution in [0.2, 0.25) is 5.02 Å². The third-order valence-corrected chi connectivity index (χ3v) is 5.01. The van der Waals surface area contributed by atoms with E-state index in [9.17, 15) is 9.59 Å². The van der Waals surface area contributed by atoms with Gasteiger partial charge in [0, 0.05) is 29.4 Å². The fourth-order valence-corrected chi connectivity index (χ4v) is 3.50. The quantitative estimate of drug-likeness (QED) is 0.624. The van der Waals surface area contributed by atoms with Crippen LogP contribution in [0.4, 0.5) is 10.5 Å². The standard InChI is InChI=1S/C20H17ClN4O3/c21-14-5-1-12(2-6-14)18-17-16(22-11-23-17)9-10-25(18)20(28)24-15-7-3-13(4-8-15)19(26)27/h1-8,11,18H,9-10H2,(H,22,23)(H,24,28)(H,26,27). The van der Waals surface area contributed by atoms with Gasteiger partial charge in [0.15, 0.2) is 0 Å². The largest absolute Gasteiger partial charge is 0.478 e. The van der Waals surface area contributed by atoms with Crippen molar-refractivity contribution in [2.75, 3.05) is 11.9 Å². The molecule has 0 saturated carbocycles. The number of H-pyrrole nitrogens is 1. The number of amides is 2. The van der Waals surface area contributed by atoms with Crippen molar-refractivity contribution in [1.29, 1.82) is 0 Å². The van der Waals surface area contributed by atoms with E-state index in [4.69, 9.17) is 16.7 Å². The minimum absolute atomic E-state index is 0.163. The van der Waals surface area contributed by atoms with Crippen LogP contribution >= 0.6 is 11.6 Å². The first-order valence-electron chi connectivity index (χ1n) is 8.71. The van der Waals surface area contributed by atoms with E-state index in [1.54, 1.807) is 35.5 Å². The fraction of sp³-hybridized carbons (Fsp3) is 0.150. The highest BCUT2D eigenvalue weighted by atomic mass is 35.5. The van der Waals surface area contributed by atoms with Crippen LogP contribution in [0.1, 0.15) is 33.4 Å². The van der Waals surface area contributed by atoms with E-state index in [0.29, 0.717) is 23.7 Å². The van der Waals surface area contributed by atoms with Gasteiger partial charge in [-0.1, -0.05) is 23.7 Å². The lowest BCUT2D eigenvalue weighted by molar-refractivity contribution is 0.0697. The highest BCUT2D eigenvalue weighted by Crippen LogP contribution is 2.34. The molecule has 28 heavy (non-hydrogen) atoms. The third kappa shape index (κ3) is 3.44. The van der Waals surface area contributed by atoms with Crippen LogP contribution in [0.15, 0.2) is 54.9 Å². The van der Waals surface area contributed by atoms with Gasteiger partial charge in [-0.25, -0.2) is 14.6 Å². The minimum atomic E-state index is -1.01. The monoisotopic (exact) mass is 396 g/mol. The second-order valence-corrected chi connectivity index (χ2v) is 6.91. The summed E-state index contributed by atoms with van der Waals surface area (Å²) >= 11 is 6.01. The van der Waals surface area contributed by atoms with Crippen LogP contribution in [-0.2, 0) is 6.42 Å². The Hall–Kier alpha value is -3.32. The van der Waals surface area contributed by atoms with Crippen LogP contribution in [0, 0.1) is 0 Å². The van der Waals surface area contributed by atoms with Crippen molar-refractivity contribution in [2.24, 2.45) is 0 Å². The molecule has 2 heterocycles. The Balaban J connectivity index is 1.62. The molecule has 0 fully saturated rings. The van der Waals surface area contributed by atoms with Gasteiger partial charge in [0.25, 0.3) is 0 Å². The highest BCUT2D eigenvalue weighted by molar-refractivity contribution is 6.30. The zero-order valence-corrected chi connectivity index (χ0v) is 15.5. The molecule has 3 aromatic rings. The number of aromatic amines is 1. The van der Waals surface area contributed by atoms with Gasteiger partial charge in [-0.2, -0.15) is 0 Å². The molecule has 142 valence electrons. The average molecular weight is 397 g/mol. The Morgan fingerprint density at radius 3 is 2.54 bits per heavy atom. The number of aromatic nitrogens is 2. The van der Waals surface area contributed by atoms with Crippen molar-refractivity contribution >= 4 is 29.3 Å². The summed E-state index contributed by atoms with van der Waals surface area (Å²) in [5, 5.41) is 12.5. The molecule has 0 aliphatic carbocycles. The number of carboxylic acids is 1. The molecule has 4 rings (SSSR count). The molecule has 3 N–H and O–H groups in total. The molecule has 0 bridgehead atoms. The molecule has 1 atom stereocenters. The maximum absolute atomic E-state index is 13.0. The van der Waals surface area contributed by atoms with E-state index >= 15 is 0 Å². The lowest BCUT2D eigenvalue weighted by atomic mass is 9.96. The van der Waals surface area contributed by atoms with E-state index in [-0.39, 0.29) is 17.6 Å². The molecular formula is C20H17ClN4O3. The number of urea groups is 1. The SMILES string of the molecule is O=C(O)c1ccc(NC(=O)N2CCc3[nH]cnc3C2c2ccc(Cl)cc2)cc1. The Morgan fingerprint density at radius 1 is 1.14 bits per heavy atom. The van der Waals surface area contributed by atoms with Crippen LogP contribution in [-0.4, -0.2) is 38.5 Å². The van der Waals surface area contributed by atoms with Crippen molar-refractivity contribution in [1.82, 2.24) is 14.9 Å². The summed E-state index contributed by atoms with van der Waals surface area (Å²) in [4.78, 5) is 33.3. The number of carbonyl (C=O) groups excluding carboxylic acids is 1. The summed E-state index contributed by atoms with van der Waals surface area (Å²) in [7, 11) is 0. The van der Waals surface area contributed by atoms with Gasteiger partial charge >= 0.3 is 12.0 Å². The number of benzene rings is 2. The molecule has 1 aliphatic rings. The van der Waals surface area contributed by atoms with E-state index in [1.165, 1.54) is 12.1 Å². The Morgan fingerprint density at radius 2 is 1.86 bits per heavy atom. The first-order valence-corrected chi connectivity index (χ1v) is 9.09. The molecule has 1 aromatic heterocycles. The number of carboxylic acid groups (broad SMARTS) is 1. The van der Waals surface area contributed by atoms with E-state index in [2.05, 4.69) is 15.3 Å². The highest BCUT2D eigenvalue weighted by Gasteiger charge is 2.34. The van der Waals surface area contributed by atoms with Crippen molar-refractivity contribution in [3.63, 3.8) is 0 Å².